The van der Waals surface area contributed by atoms with Gasteiger partial charge in [0.2, 0.25) is 0 Å². The molecule has 2 aliphatic heterocycles. The minimum atomic E-state index is -1.45. The number of fused-ring (bicyclic) bond motifs is 1. The first-order valence-electron chi connectivity index (χ1n) is 10.9. The van der Waals surface area contributed by atoms with Crippen LogP contribution >= 0.6 is 0 Å². The maximum Gasteiger partial charge on any atom is 0.322 e. The first-order valence-corrected chi connectivity index (χ1v) is 10.9. The molecule has 0 aliphatic carbocycles. The molecule has 4 amide bonds. The standard InChI is InChI=1S/C25H23N5O5/c1-35-18-7-4-16-12-30(22(32)19(16)11-18)13-25(23(33)28-24(34)29-25)17-5-2-14(3-6-17)15-8-9-27-20(10-15)21(26)31/h2-11,21,31H,12-13,26H2,1H3,(H2,28,29,33,34)/t21?,25-/m0/s1. The molecule has 2 atom stereocenters. The number of carbonyl (C=O) groups is 3. The van der Waals surface area contributed by atoms with Crippen molar-refractivity contribution in [2.75, 3.05) is 13.7 Å². The molecule has 1 saturated heterocycles. The quantitative estimate of drug-likeness (QED) is 0.313. The van der Waals surface area contributed by atoms with Crippen molar-refractivity contribution in [2.45, 2.75) is 18.3 Å². The summed E-state index contributed by atoms with van der Waals surface area (Å²) in [5, 5.41) is 14.7. The number of nitrogens with zero attached hydrogens (tertiary/aromatic N) is 2. The molecule has 3 aromatic rings. The smallest absolute Gasteiger partial charge is 0.322 e. The van der Waals surface area contributed by atoms with Gasteiger partial charge in [0.1, 0.15) is 12.0 Å². The highest BCUT2D eigenvalue weighted by Gasteiger charge is 2.50. The Bertz CT molecular complexity index is 1340. The van der Waals surface area contributed by atoms with Gasteiger partial charge in [0.25, 0.3) is 11.8 Å². The number of aliphatic hydroxyl groups is 1. The SMILES string of the molecule is COc1ccc2c(c1)C(=O)N(C[C@@]1(c3ccc(-c4ccnc(C(N)O)c4)cc3)NC(=O)NC1=O)C2. The van der Waals surface area contributed by atoms with E-state index in [0.717, 1.165) is 16.7 Å². The normalized spacial score (nSPS) is 19.9. The molecule has 2 aliphatic rings. The number of benzene rings is 2. The zero-order chi connectivity index (χ0) is 24.7. The van der Waals surface area contributed by atoms with Gasteiger partial charge in [0.05, 0.1) is 19.3 Å². The monoisotopic (exact) mass is 473 g/mol. The van der Waals surface area contributed by atoms with Crippen LogP contribution in [0.25, 0.3) is 11.1 Å². The molecule has 3 heterocycles. The summed E-state index contributed by atoms with van der Waals surface area (Å²) < 4.78 is 5.23. The van der Waals surface area contributed by atoms with Crippen molar-refractivity contribution in [1.82, 2.24) is 20.5 Å². The number of imide groups is 1. The van der Waals surface area contributed by atoms with Crippen LogP contribution in [0.3, 0.4) is 0 Å². The predicted molar refractivity (Wildman–Crippen MR) is 125 cm³/mol. The maximum absolute atomic E-state index is 13.1. The number of amides is 4. The van der Waals surface area contributed by atoms with Gasteiger partial charge in [-0.05, 0) is 46.5 Å². The van der Waals surface area contributed by atoms with Gasteiger partial charge in [-0.25, -0.2) is 4.79 Å². The Morgan fingerprint density at radius 2 is 1.89 bits per heavy atom. The van der Waals surface area contributed by atoms with Gasteiger partial charge in [0, 0.05) is 18.3 Å². The second-order valence-electron chi connectivity index (χ2n) is 8.49. The van der Waals surface area contributed by atoms with Crippen LogP contribution in [0, 0.1) is 0 Å². The molecule has 1 fully saturated rings. The van der Waals surface area contributed by atoms with Gasteiger partial charge < -0.3 is 25.8 Å². The molecule has 0 spiro atoms. The Morgan fingerprint density at radius 1 is 1.11 bits per heavy atom. The number of urea groups is 1. The number of hydrogen-bond donors (Lipinski definition) is 4. The van der Waals surface area contributed by atoms with E-state index in [4.69, 9.17) is 10.5 Å². The minimum absolute atomic E-state index is 0.0431. The molecule has 5 N–H and O–H groups in total. The van der Waals surface area contributed by atoms with E-state index in [2.05, 4.69) is 15.6 Å². The van der Waals surface area contributed by atoms with Gasteiger partial charge in [-0.1, -0.05) is 30.3 Å². The molecule has 5 rings (SSSR count). The van der Waals surface area contributed by atoms with Crippen LogP contribution in [0.4, 0.5) is 4.79 Å². The number of aromatic nitrogens is 1. The lowest BCUT2D eigenvalue weighted by molar-refractivity contribution is -0.124. The van der Waals surface area contributed by atoms with E-state index in [1.165, 1.54) is 7.11 Å². The number of nitrogens with one attached hydrogen (secondary N) is 2. The van der Waals surface area contributed by atoms with E-state index < -0.39 is 23.7 Å². The van der Waals surface area contributed by atoms with Crippen LogP contribution in [-0.2, 0) is 16.9 Å². The first kappa shape index (κ1) is 22.5. The molecule has 10 heteroatoms. The summed E-state index contributed by atoms with van der Waals surface area (Å²) in [7, 11) is 1.53. The number of methoxy groups -OCH3 is 1. The molecule has 0 bridgehead atoms. The lowest BCUT2D eigenvalue weighted by Crippen LogP contribution is -2.52. The Balaban J connectivity index is 1.47. The molecule has 10 nitrogen and oxygen atoms in total. The molecule has 1 unspecified atom stereocenters. The van der Waals surface area contributed by atoms with E-state index in [-0.39, 0.29) is 12.5 Å². The van der Waals surface area contributed by atoms with Gasteiger partial charge in [-0.2, -0.15) is 0 Å². The summed E-state index contributed by atoms with van der Waals surface area (Å²) in [6.45, 7) is 0.265. The third-order valence-electron chi connectivity index (χ3n) is 6.36. The fourth-order valence-electron chi connectivity index (χ4n) is 4.52. The Labute approximate surface area is 200 Å². The summed E-state index contributed by atoms with van der Waals surface area (Å²) >= 11 is 0. The highest BCUT2D eigenvalue weighted by molar-refractivity contribution is 6.08. The third-order valence-corrected chi connectivity index (χ3v) is 6.36. The molecular formula is C25H23N5O5. The number of hydrogen-bond acceptors (Lipinski definition) is 7. The van der Waals surface area contributed by atoms with Crippen LogP contribution < -0.4 is 21.1 Å². The Morgan fingerprint density at radius 3 is 2.54 bits per heavy atom. The van der Waals surface area contributed by atoms with Crippen molar-refractivity contribution in [2.24, 2.45) is 5.73 Å². The van der Waals surface area contributed by atoms with Crippen molar-refractivity contribution in [3.05, 3.63) is 83.2 Å². The molecule has 1 aromatic heterocycles. The summed E-state index contributed by atoms with van der Waals surface area (Å²) in [5.41, 5.74) is 7.83. The van der Waals surface area contributed by atoms with Gasteiger partial charge in [0.15, 0.2) is 5.54 Å². The second-order valence-corrected chi connectivity index (χ2v) is 8.49. The lowest BCUT2D eigenvalue weighted by atomic mass is 9.88. The fourth-order valence-corrected chi connectivity index (χ4v) is 4.52. The van der Waals surface area contributed by atoms with Crippen molar-refractivity contribution in [1.29, 1.82) is 0 Å². The number of rotatable bonds is 6. The van der Waals surface area contributed by atoms with E-state index in [9.17, 15) is 19.5 Å². The van der Waals surface area contributed by atoms with E-state index in [1.807, 2.05) is 6.07 Å². The van der Waals surface area contributed by atoms with Crippen LogP contribution in [0.15, 0.2) is 60.8 Å². The lowest BCUT2D eigenvalue weighted by Gasteiger charge is -2.31. The molecule has 2 aromatic carbocycles. The fraction of sp³-hybridized carbons (Fsp3) is 0.200. The van der Waals surface area contributed by atoms with Crippen LogP contribution in [0.5, 0.6) is 5.75 Å². The van der Waals surface area contributed by atoms with Crippen molar-refractivity contribution < 1.29 is 24.2 Å². The first-order chi connectivity index (χ1) is 16.8. The van der Waals surface area contributed by atoms with Crippen molar-refractivity contribution in [3.8, 4) is 16.9 Å². The molecule has 178 valence electrons. The van der Waals surface area contributed by atoms with Gasteiger partial charge in [-0.15, -0.1) is 0 Å². The summed E-state index contributed by atoms with van der Waals surface area (Å²) in [6, 6.07) is 15.2. The molecule has 0 radical (unpaired) electrons. The zero-order valence-electron chi connectivity index (χ0n) is 18.8. The average Bonchev–Trinajstić information content (AvgIpc) is 3.33. The minimum Gasteiger partial charge on any atom is -0.497 e. The average molecular weight is 473 g/mol. The largest absolute Gasteiger partial charge is 0.497 e. The summed E-state index contributed by atoms with van der Waals surface area (Å²) in [5.74, 6) is -0.208. The van der Waals surface area contributed by atoms with E-state index >= 15 is 0 Å². The van der Waals surface area contributed by atoms with Crippen LogP contribution in [0.1, 0.15) is 33.4 Å². The number of aliphatic hydroxyl groups excluding tert-OH is 1. The van der Waals surface area contributed by atoms with Crippen molar-refractivity contribution >= 4 is 17.8 Å². The molecular weight excluding hydrogens is 450 g/mol. The molecule has 35 heavy (non-hydrogen) atoms. The maximum atomic E-state index is 13.1. The highest BCUT2D eigenvalue weighted by atomic mass is 16.5. The van der Waals surface area contributed by atoms with Crippen molar-refractivity contribution in [3.63, 3.8) is 0 Å². The van der Waals surface area contributed by atoms with Gasteiger partial charge in [-0.3, -0.25) is 19.9 Å². The summed E-state index contributed by atoms with van der Waals surface area (Å²) in [6.07, 6.45) is 0.351. The van der Waals surface area contributed by atoms with E-state index in [1.54, 1.807) is 59.6 Å². The second kappa shape index (κ2) is 8.49. The third kappa shape index (κ3) is 3.88. The van der Waals surface area contributed by atoms with Crippen LogP contribution in [0.2, 0.25) is 0 Å². The predicted octanol–water partition coefficient (Wildman–Crippen LogP) is 1.40. The summed E-state index contributed by atoms with van der Waals surface area (Å²) in [4.78, 5) is 43.9. The van der Waals surface area contributed by atoms with E-state index in [0.29, 0.717) is 29.1 Å². The molecule has 0 saturated carbocycles. The topological polar surface area (TPSA) is 147 Å². The number of nitrogens with two attached hydrogens (primary N) is 1. The zero-order valence-corrected chi connectivity index (χ0v) is 18.8. The van der Waals surface area contributed by atoms with Crippen LogP contribution in [-0.4, -0.2) is 46.5 Å². The Hall–Kier alpha value is -4.28. The highest BCUT2D eigenvalue weighted by Crippen LogP contribution is 2.33. The number of carbonyl (C=O) groups excluding carboxylic acids is 3. The number of ether oxygens (including phenoxy) is 1. The number of pyridine rings is 1. The Kier molecular flexibility index (Phi) is 5.46. The van der Waals surface area contributed by atoms with Gasteiger partial charge >= 0.3 is 6.03 Å².